The van der Waals surface area contributed by atoms with Crippen LogP contribution in [0.5, 0.6) is 0 Å². The number of hydrogen-bond acceptors (Lipinski definition) is 3. The average Bonchev–Trinajstić information content (AvgIpc) is 3.79. The van der Waals surface area contributed by atoms with Crippen molar-refractivity contribution in [3.8, 4) is 22.3 Å². The zero-order chi connectivity index (χ0) is 36.8. The molecule has 1 aromatic heterocycles. The molecule has 3 heteroatoms. The zero-order valence-electron chi connectivity index (χ0n) is 30.3. The number of hydrogen-bond donors (Lipinski definition) is 0. The highest BCUT2D eigenvalue weighted by atomic mass is 32.2. The summed E-state index contributed by atoms with van der Waals surface area (Å²) in [4.78, 5) is 4.91. The van der Waals surface area contributed by atoms with Crippen molar-refractivity contribution < 1.29 is 4.42 Å². The molecule has 1 spiro atoms. The van der Waals surface area contributed by atoms with Crippen LogP contribution < -0.4 is 4.90 Å². The van der Waals surface area contributed by atoms with Crippen LogP contribution in [0.15, 0.2) is 214 Å². The maximum atomic E-state index is 6.54. The van der Waals surface area contributed by atoms with Crippen LogP contribution in [-0.4, -0.2) is 0 Å². The van der Waals surface area contributed by atoms with Gasteiger partial charge in [-0.3, -0.25) is 0 Å². The Balaban J connectivity index is 1.01. The Kier molecular flexibility index (Phi) is 6.81. The van der Waals surface area contributed by atoms with E-state index in [-0.39, 0.29) is 0 Å². The van der Waals surface area contributed by atoms with Crippen molar-refractivity contribution in [2.45, 2.75) is 15.2 Å². The molecule has 0 fully saturated rings. The molecule has 0 N–H and O–H groups in total. The highest BCUT2D eigenvalue weighted by Crippen LogP contribution is 2.63. The summed E-state index contributed by atoms with van der Waals surface area (Å²) in [6.07, 6.45) is 0. The maximum Gasteiger partial charge on any atom is 0.159 e. The molecule has 0 bridgehead atoms. The molecule has 10 aromatic rings. The number of benzene rings is 9. The van der Waals surface area contributed by atoms with Crippen molar-refractivity contribution >= 4 is 61.5 Å². The molecule has 0 unspecified atom stereocenters. The lowest BCUT2D eigenvalue weighted by Crippen LogP contribution is -2.32. The highest BCUT2D eigenvalue weighted by molar-refractivity contribution is 7.99. The third-order valence-corrected chi connectivity index (χ3v) is 13.0. The Hall–Kier alpha value is -6.81. The fourth-order valence-corrected chi connectivity index (χ4v) is 10.8. The Morgan fingerprint density at radius 1 is 0.429 bits per heavy atom. The van der Waals surface area contributed by atoms with Crippen LogP contribution in [0.2, 0.25) is 0 Å². The monoisotopic (exact) mass is 731 g/mol. The molecular weight excluding hydrogens is 699 g/mol. The van der Waals surface area contributed by atoms with Crippen molar-refractivity contribution in [1.29, 1.82) is 0 Å². The Morgan fingerprint density at radius 3 is 1.88 bits per heavy atom. The number of anilines is 3. The minimum absolute atomic E-state index is 0.430. The van der Waals surface area contributed by atoms with Gasteiger partial charge in [-0.25, -0.2) is 0 Å². The van der Waals surface area contributed by atoms with E-state index in [1.54, 1.807) is 0 Å². The Bertz CT molecular complexity index is 3130. The minimum atomic E-state index is -0.430. The minimum Gasteiger partial charge on any atom is -0.454 e. The van der Waals surface area contributed by atoms with Crippen molar-refractivity contribution in [3.05, 3.63) is 222 Å². The molecule has 2 nitrogen and oxygen atoms in total. The first-order valence-electron chi connectivity index (χ1n) is 19.2. The Morgan fingerprint density at radius 2 is 1.07 bits per heavy atom. The average molecular weight is 732 g/mol. The fraction of sp³-hybridized carbons (Fsp3) is 0.0189. The predicted molar refractivity (Wildman–Crippen MR) is 233 cm³/mol. The van der Waals surface area contributed by atoms with Gasteiger partial charge in [0.1, 0.15) is 5.58 Å². The molecule has 0 saturated heterocycles. The van der Waals surface area contributed by atoms with Crippen molar-refractivity contribution in [2.75, 3.05) is 4.90 Å². The normalized spacial score (nSPS) is 13.4. The number of rotatable bonds is 4. The molecule has 1 aliphatic heterocycles. The SMILES string of the molecule is c1ccc(N(c2ccc(-c3ccc4c(c3)Sc3ccc5ccccc5c3C43c4ccccc4-c4ccccc43)cc2)c2cccc3c2oc2ccccc23)cc1. The molecule has 56 heavy (non-hydrogen) atoms. The van der Waals surface area contributed by atoms with Crippen LogP contribution in [0.25, 0.3) is 55.0 Å². The van der Waals surface area contributed by atoms with E-state index in [0.717, 1.165) is 39.0 Å². The van der Waals surface area contributed by atoms with E-state index in [9.17, 15) is 0 Å². The van der Waals surface area contributed by atoms with Crippen LogP contribution >= 0.6 is 11.8 Å². The van der Waals surface area contributed by atoms with Crippen molar-refractivity contribution in [1.82, 2.24) is 0 Å². The first kappa shape index (κ1) is 31.5. The topological polar surface area (TPSA) is 16.4 Å². The van der Waals surface area contributed by atoms with Gasteiger partial charge in [0.15, 0.2) is 5.58 Å². The van der Waals surface area contributed by atoms with E-state index in [1.807, 2.05) is 23.9 Å². The van der Waals surface area contributed by atoms with Crippen LogP contribution in [0, 0.1) is 0 Å². The van der Waals surface area contributed by atoms with E-state index in [1.165, 1.54) is 65.1 Å². The van der Waals surface area contributed by atoms with Crippen LogP contribution in [-0.2, 0) is 5.41 Å². The summed E-state index contributed by atoms with van der Waals surface area (Å²) in [5.74, 6) is 0. The van der Waals surface area contributed by atoms with Gasteiger partial charge in [-0.2, -0.15) is 0 Å². The molecule has 2 heterocycles. The Labute approximate surface area is 329 Å². The van der Waals surface area contributed by atoms with Crippen molar-refractivity contribution in [3.63, 3.8) is 0 Å². The molecule has 1 aliphatic carbocycles. The van der Waals surface area contributed by atoms with Gasteiger partial charge in [0.25, 0.3) is 0 Å². The highest BCUT2D eigenvalue weighted by Gasteiger charge is 2.50. The molecule has 0 amide bonds. The maximum absolute atomic E-state index is 6.54. The predicted octanol–water partition coefficient (Wildman–Crippen LogP) is 14.7. The second kappa shape index (κ2) is 12.1. The largest absolute Gasteiger partial charge is 0.454 e. The van der Waals surface area contributed by atoms with Gasteiger partial charge < -0.3 is 9.32 Å². The fourth-order valence-electron chi connectivity index (χ4n) is 9.58. The lowest BCUT2D eigenvalue weighted by molar-refractivity contribution is 0.669. The number of para-hydroxylation sites is 3. The van der Waals surface area contributed by atoms with Gasteiger partial charge in [0.05, 0.1) is 11.1 Å². The molecule has 12 rings (SSSR count). The van der Waals surface area contributed by atoms with Crippen LogP contribution in [0.3, 0.4) is 0 Å². The van der Waals surface area contributed by atoms with Gasteiger partial charge in [0, 0.05) is 31.9 Å². The second-order valence-electron chi connectivity index (χ2n) is 14.8. The van der Waals surface area contributed by atoms with Gasteiger partial charge >= 0.3 is 0 Å². The molecule has 262 valence electrons. The first-order valence-corrected chi connectivity index (χ1v) is 20.0. The molecule has 0 saturated carbocycles. The van der Waals surface area contributed by atoms with E-state index in [0.29, 0.717) is 0 Å². The van der Waals surface area contributed by atoms with E-state index in [2.05, 4.69) is 193 Å². The third kappa shape index (κ3) is 4.40. The van der Waals surface area contributed by atoms with Gasteiger partial charge in [-0.15, -0.1) is 0 Å². The smallest absolute Gasteiger partial charge is 0.159 e. The summed E-state index contributed by atoms with van der Waals surface area (Å²) in [6.45, 7) is 0. The van der Waals surface area contributed by atoms with E-state index in [4.69, 9.17) is 4.42 Å². The molecular formula is C53H33NOS. The lowest BCUT2D eigenvalue weighted by Gasteiger charge is -2.40. The van der Waals surface area contributed by atoms with Gasteiger partial charge in [-0.1, -0.05) is 163 Å². The lowest BCUT2D eigenvalue weighted by atomic mass is 9.66. The summed E-state index contributed by atoms with van der Waals surface area (Å²) >= 11 is 1.90. The number of fused-ring (bicyclic) bond motifs is 14. The quantitative estimate of drug-likeness (QED) is 0.179. The molecule has 0 atom stereocenters. The zero-order valence-corrected chi connectivity index (χ0v) is 31.1. The van der Waals surface area contributed by atoms with Crippen LogP contribution in [0.1, 0.15) is 22.3 Å². The van der Waals surface area contributed by atoms with Crippen LogP contribution in [0.4, 0.5) is 17.1 Å². The van der Waals surface area contributed by atoms with E-state index >= 15 is 0 Å². The standard InChI is InChI=1S/C53H33NOS/c1-2-14-37(15-3-1)54(47-23-12-20-43-42-19-8-11-24-48(42)55-52(43)47)38-29-25-34(26-30-38)36-27-31-46-50(33-36)56-49-32-28-35-13-4-5-16-39(35)51(49)53(46)44-21-9-6-17-40(44)41-18-7-10-22-45(41)53/h1-33H. The summed E-state index contributed by atoms with van der Waals surface area (Å²) in [5.41, 5.74) is 15.0. The summed E-state index contributed by atoms with van der Waals surface area (Å²) < 4.78 is 6.54. The molecule has 0 radical (unpaired) electrons. The summed E-state index contributed by atoms with van der Waals surface area (Å²) in [5, 5.41) is 4.83. The number of nitrogens with zero attached hydrogens (tertiary/aromatic N) is 1. The number of furan rings is 1. The summed E-state index contributed by atoms with van der Waals surface area (Å²) in [7, 11) is 0. The van der Waals surface area contributed by atoms with Gasteiger partial charge in [0.2, 0.25) is 0 Å². The molecule has 2 aliphatic rings. The molecule has 9 aromatic carbocycles. The van der Waals surface area contributed by atoms with Gasteiger partial charge in [-0.05, 0) is 104 Å². The van der Waals surface area contributed by atoms with Crippen molar-refractivity contribution in [2.24, 2.45) is 0 Å². The third-order valence-electron chi connectivity index (χ3n) is 11.9. The summed E-state index contributed by atoms with van der Waals surface area (Å²) in [6, 6.07) is 73.1. The van der Waals surface area contributed by atoms with E-state index < -0.39 is 5.41 Å². The second-order valence-corrected chi connectivity index (χ2v) is 15.9. The first-order chi connectivity index (χ1) is 27.8.